The molecule has 0 fully saturated rings. The smallest absolute Gasteiger partial charge is 0.236 e. The van der Waals surface area contributed by atoms with Crippen LogP contribution >= 0.6 is 35.3 Å². The number of nitrogens with one attached hydrogen (secondary N) is 2. The van der Waals surface area contributed by atoms with Gasteiger partial charge in [-0.25, -0.2) is 4.98 Å². The zero-order valence-corrected chi connectivity index (χ0v) is 18.8. The first kappa shape index (κ1) is 20.7. The van der Waals surface area contributed by atoms with Gasteiger partial charge in [0.15, 0.2) is 5.96 Å². The first-order chi connectivity index (χ1) is 13.3. The molecule has 0 unspecified atom stereocenters. The minimum Gasteiger partial charge on any atom is -0.493 e. The predicted molar refractivity (Wildman–Crippen MR) is 123 cm³/mol. The van der Waals surface area contributed by atoms with E-state index >= 15 is 0 Å². The van der Waals surface area contributed by atoms with Crippen molar-refractivity contribution >= 4 is 41.3 Å². The summed E-state index contributed by atoms with van der Waals surface area (Å²) in [6.45, 7) is 2.16. The fourth-order valence-electron chi connectivity index (χ4n) is 3.02. The van der Waals surface area contributed by atoms with Crippen LogP contribution in [0.1, 0.15) is 16.8 Å². The Kier molecular flexibility index (Phi) is 7.32. The molecule has 0 amide bonds. The lowest BCUT2D eigenvalue weighted by Gasteiger charge is -2.11. The van der Waals surface area contributed by atoms with Crippen LogP contribution in [0.5, 0.6) is 5.75 Å². The Balaban J connectivity index is 0.00000225. The molecule has 0 saturated carbocycles. The van der Waals surface area contributed by atoms with Crippen LogP contribution in [-0.4, -0.2) is 31.1 Å². The summed E-state index contributed by atoms with van der Waals surface area (Å²) in [5.41, 5.74) is 3.46. The highest BCUT2D eigenvalue weighted by molar-refractivity contribution is 14.0. The monoisotopic (exact) mass is 510 g/mol. The van der Waals surface area contributed by atoms with Crippen molar-refractivity contribution in [1.82, 2.24) is 15.6 Å². The standard InChI is InChI=1S/C20H22N4O2S.HI/c1-21-20(22-8-6-14-4-5-17-15(11-14)7-9-25-17)23-12-16-13-26-19(24-16)18-3-2-10-27-18;/h2-5,10-11,13H,6-9,12H2,1H3,(H2,21,22,23);1H. The lowest BCUT2D eigenvalue weighted by molar-refractivity contribution is 0.357. The summed E-state index contributed by atoms with van der Waals surface area (Å²) in [6, 6.07) is 10.4. The Morgan fingerprint density at radius 1 is 1.29 bits per heavy atom. The van der Waals surface area contributed by atoms with E-state index in [1.54, 1.807) is 24.6 Å². The molecule has 0 spiro atoms. The van der Waals surface area contributed by atoms with Crippen molar-refractivity contribution in [2.45, 2.75) is 19.4 Å². The Morgan fingerprint density at radius 3 is 3.04 bits per heavy atom. The number of rotatable bonds is 6. The van der Waals surface area contributed by atoms with Gasteiger partial charge in [0.2, 0.25) is 5.89 Å². The molecule has 2 aromatic heterocycles. The molecule has 0 radical (unpaired) electrons. The van der Waals surface area contributed by atoms with Crippen molar-refractivity contribution in [2.75, 3.05) is 20.2 Å². The molecule has 8 heteroatoms. The van der Waals surface area contributed by atoms with Crippen molar-refractivity contribution in [3.63, 3.8) is 0 Å². The Hall–Kier alpha value is -2.07. The second-order valence-corrected chi connectivity index (χ2v) is 7.21. The van der Waals surface area contributed by atoms with Crippen molar-refractivity contribution in [3.8, 4) is 16.5 Å². The van der Waals surface area contributed by atoms with Crippen LogP contribution in [-0.2, 0) is 19.4 Å². The highest BCUT2D eigenvalue weighted by Gasteiger charge is 2.12. The number of ether oxygens (including phenoxy) is 1. The van der Waals surface area contributed by atoms with E-state index in [1.165, 1.54) is 11.1 Å². The van der Waals surface area contributed by atoms with Gasteiger partial charge in [0, 0.05) is 20.0 Å². The van der Waals surface area contributed by atoms with Gasteiger partial charge in [0.05, 0.1) is 23.7 Å². The van der Waals surface area contributed by atoms with E-state index in [-0.39, 0.29) is 24.0 Å². The minimum absolute atomic E-state index is 0. The van der Waals surface area contributed by atoms with Crippen LogP contribution in [0.2, 0.25) is 0 Å². The number of benzene rings is 1. The van der Waals surface area contributed by atoms with Crippen LogP contribution in [0.25, 0.3) is 10.8 Å². The molecule has 4 rings (SSSR count). The summed E-state index contributed by atoms with van der Waals surface area (Å²) in [5.74, 6) is 2.43. The van der Waals surface area contributed by atoms with Crippen molar-refractivity contribution in [2.24, 2.45) is 4.99 Å². The fourth-order valence-corrected chi connectivity index (χ4v) is 3.67. The maximum absolute atomic E-state index is 5.56. The molecule has 1 aliphatic heterocycles. The van der Waals surface area contributed by atoms with E-state index in [2.05, 4.69) is 38.8 Å². The first-order valence-corrected chi connectivity index (χ1v) is 9.87. The zero-order chi connectivity index (χ0) is 18.5. The van der Waals surface area contributed by atoms with Gasteiger partial charge in [0.25, 0.3) is 0 Å². The highest BCUT2D eigenvalue weighted by Crippen LogP contribution is 2.26. The minimum atomic E-state index is 0. The van der Waals surface area contributed by atoms with Gasteiger partial charge in [-0.3, -0.25) is 4.99 Å². The average Bonchev–Trinajstić information content (AvgIpc) is 3.45. The number of aromatic nitrogens is 1. The summed E-state index contributed by atoms with van der Waals surface area (Å²) < 4.78 is 11.1. The predicted octanol–water partition coefficient (Wildman–Crippen LogP) is 3.86. The highest BCUT2D eigenvalue weighted by atomic mass is 127. The number of fused-ring (bicyclic) bond motifs is 1. The Bertz CT molecular complexity index is 924. The zero-order valence-electron chi connectivity index (χ0n) is 15.6. The molecule has 0 atom stereocenters. The lowest BCUT2D eigenvalue weighted by Crippen LogP contribution is -2.37. The number of guanidine groups is 1. The van der Waals surface area contributed by atoms with Crippen LogP contribution in [0.15, 0.2) is 51.4 Å². The van der Waals surface area contributed by atoms with Crippen LogP contribution in [0.3, 0.4) is 0 Å². The molecule has 0 saturated heterocycles. The molecule has 2 N–H and O–H groups in total. The van der Waals surface area contributed by atoms with Crippen molar-refractivity contribution in [1.29, 1.82) is 0 Å². The molecular weight excluding hydrogens is 487 g/mol. The van der Waals surface area contributed by atoms with Crippen LogP contribution in [0.4, 0.5) is 0 Å². The number of nitrogens with zero attached hydrogens (tertiary/aromatic N) is 2. The van der Waals surface area contributed by atoms with Gasteiger partial charge in [-0.15, -0.1) is 35.3 Å². The van der Waals surface area contributed by atoms with Gasteiger partial charge in [-0.1, -0.05) is 18.2 Å². The molecule has 0 bridgehead atoms. The van der Waals surface area contributed by atoms with Gasteiger partial charge < -0.3 is 19.8 Å². The summed E-state index contributed by atoms with van der Waals surface area (Å²) in [5, 5.41) is 8.62. The van der Waals surface area contributed by atoms with Crippen molar-refractivity contribution < 1.29 is 9.15 Å². The number of halogens is 1. The lowest BCUT2D eigenvalue weighted by atomic mass is 10.1. The Morgan fingerprint density at radius 2 is 2.21 bits per heavy atom. The van der Waals surface area contributed by atoms with E-state index < -0.39 is 0 Å². The van der Waals surface area contributed by atoms with Gasteiger partial charge in [0.1, 0.15) is 12.0 Å². The normalized spacial score (nSPS) is 12.8. The molecule has 3 aromatic rings. The van der Waals surface area contributed by atoms with Gasteiger partial charge in [-0.05, 0) is 35.1 Å². The summed E-state index contributed by atoms with van der Waals surface area (Å²) in [4.78, 5) is 9.80. The summed E-state index contributed by atoms with van der Waals surface area (Å²) >= 11 is 1.61. The average molecular weight is 510 g/mol. The Labute approximate surface area is 185 Å². The SMILES string of the molecule is CN=C(NCCc1ccc2c(c1)CCO2)NCc1coc(-c2cccs2)n1.I. The molecule has 148 valence electrons. The van der Waals surface area contributed by atoms with E-state index in [0.29, 0.717) is 12.4 Å². The maximum Gasteiger partial charge on any atom is 0.236 e. The second-order valence-electron chi connectivity index (χ2n) is 6.26. The van der Waals surface area contributed by atoms with Crippen molar-refractivity contribution in [3.05, 3.63) is 58.8 Å². The maximum atomic E-state index is 5.56. The molecule has 3 heterocycles. The van der Waals surface area contributed by atoms with Gasteiger partial charge in [-0.2, -0.15) is 0 Å². The number of oxazole rings is 1. The third-order valence-corrected chi connectivity index (χ3v) is 5.26. The quantitative estimate of drug-likeness (QED) is 0.300. The largest absolute Gasteiger partial charge is 0.493 e. The summed E-state index contributed by atoms with van der Waals surface area (Å²) in [7, 11) is 1.77. The molecule has 28 heavy (non-hydrogen) atoms. The number of hydrogen-bond donors (Lipinski definition) is 2. The van der Waals surface area contributed by atoms with E-state index in [4.69, 9.17) is 9.15 Å². The number of hydrogen-bond acceptors (Lipinski definition) is 5. The summed E-state index contributed by atoms with van der Waals surface area (Å²) in [6.07, 6.45) is 3.62. The van der Waals surface area contributed by atoms with Crippen LogP contribution < -0.4 is 15.4 Å². The molecule has 6 nitrogen and oxygen atoms in total. The molecule has 1 aromatic carbocycles. The topological polar surface area (TPSA) is 71.7 Å². The van der Waals surface area contributed by atoms with E-state index in [0.717, 1.165) is 48.3 Å². The van der Waals surface area contributed by atoms with Crippen LogP contribution in [0, 0.1) is 0 Å². The fraction of sp³-hybridized carbons (Fsp3) is 0.300. The number of aliphatic imine (C=N–C) groups is 1. The third kappa shape index (κ3) is 5.05. The molecular formula is C20H23IN4O2S. The second kappa shape index (κ2) is 9.92. The van der Waals surface area contributed by atoms with E-state index in [1.807, 2.05) is 17.5 Å². The molecule has 0 aliphatic carbocycles. The number of thiophene rings is 1. The molecule has 1 aliphatic rings. The van der Waals surface area contributed by atoms with Gasteiger partial charge >= 0.3 is 0 Å². The van der Waals surface area contributed by atoms with E-state index in [9.17, 15) is 0 Å². The first-order valence-electron chi connectivity index (χ1n) is 8.99. The third-order valence-electron chi connectivity index (χ3n) is 4.40.